The summed E-state index contributed by atoms with van der Waals surface area (Å²) in [7, 11) is 0. The highest BCUT2D eigenvalue weighted by molar-refractivity contribution is 9.28. The maximum Gasteiger partial charge on any atom is 0.227 e. The second-order valence-corrected chi connectivity index (χ2v) is 15.4. The SMILES string of the molecule is Fc1c(F)c(F)c([B-](c2c(F)c(F)c(F)c(F)c2F)(c2c(F)c(F)c(F)c(F)c2F)c2c(F)c(F)c(F)c(F)c2F)c(F)c1F.O=C(C[n+]1ccncc1C=C(Br)Br)c1ccccc1. The number of carbonyl (C=O) groups is 1. The summed E-state index contributed by atoms with van der Waals surface area (Å²) in [5.74, 6) is -71.3. The first-order chi connectivity index (χ1) is 29.9. The minimum atomic E-state index is -7.22. The maximum absolute atomic E-state index is 15.4. The van der Waals surface area contributed by atoms with Gasteiger partial charge in [0.05, 0.1) is 15.8 Å². The van der Waals surface area contributed by atoms with Crippen LogP contribution in [0.3, 0.4) is 0 Å². The zero-order valence-corrected chi connectivity index (χ0v) is 33.3. The molecule has 0 aliphatic heterocycles. The van der Waals surface area contributed by atoms with Crippen molar-refractivity contribution in [3.05, 3.63) is 180 Å². The number of halogens is 22. The van der Waals surface area contributed by atoms with Crippen LogP contribution in [-0.4, -0.2) is 16.9 Å². The molecule has 1 heterocycles. The molecule has 336 valence electrons. The Hall–Kier alpha value is -5.79. The van der Waals surface area contributed by atoms with E-state index in [9.17, 15) is 57.5 Å². The van der Waals surface area contributed by atoms with Gasteiger partial charge in [-0.2, -0.15) is 4.57 Å². The Morgan fingerprint density at radius 3 is 1.03 bits per heavy atom. The van der Waals surface area contributed by atoms with E-state index in [4.69, 9.17) is 0 Å². The third kappa shape index (κ3) is 8.13. The molecule has 0 unspecified atom stereocenters. The van der Waals surface area contributed by atoms with Gasteiger partial charge in [-0.25, -0.2) is 87.8 Å². The average molecular weight is 1060 g/mol. The molecule has 26 heteroatoms. The lowest BCUT2D eigenvalue weighted by Crippen LogP contribution is -2.81. The number of Topliss-reactive ketones (excluding diaryl/α,β-unsaturated/α-hetero) is 1. The summed E-state index contributed by atoms with van der Waals surface area (Å²) < 4.78 is 297. The number of benzene rings is 5. The molecule has 0 saturated carbocycles. The number of carbonyl (C=O) groups excluding carboxylic acids is 1. The minimum absolute atomic E-state index is 0.0668. The zero-order valence-electron chi connectivity index (χ0n) is 30.1. The van der Waals surface area contributed by atoms with Crippen LogP contribution in [0, 0.1) is 116 Å². The molecule has 0 bridgehead atoms. The zero-order chi connectivity index (χ0) is 48.0. The predicted molar refractivity (Wildman–Crippen MR) is 190 cm³/mol. The lowest BCUT2D eigenvalue weighted by atomic mass is 9.12. The summed E-state index contributed by atoms with van der Waals surface area (Å²) in [5.41, 5.74) is -12.8. The van der Waals surface area contributed by atoms with Crippen LogP contribution in [0.2, 0.25) is 0 Å². The lowest BCUT2D eigenvalue weighted by molar-refractivity contribution is -0.685. The van der Waals surface area contributed by atoms with E-state index < -0.39 is 144 Å². The number of aromatic nitrogens is 2. The van der Waals surface area contributed by atoms with Crippen molar-refractivity contribution in [2.45, 2.75) is 6.54 Å². The van der Waals surface area contributed by atoms with Crippen LogP contribution < -0.4 is 26.4 Å². The fourth-order valence-electron chi connectivity index (χ4n) is 6.52. The second kappa shape index (κ2) is 18.7. The molecule has 0 atom stereocenters. The van der Waals surface area contributed by atoms with E-state index in [2.05, 4.69) is 36.8 Å². The average Bonchev–Trinajstić information content (AvgIpc) is 3.27. The van der Waals surface area contributed by atoms with Crippen LogP contribution in [0.1, 0.15) is 16.1 Å². The monoisotopic (exact) mass is 1060 g/mol. The van der Waals surface area contributed by atoms with Gasteiger partial charge in [-0.15, -0.1) is 21.9 Å². The largest absolute Gasteiger partial charge is 0.287 e. The van der Waals surface area contributed by atoms with Gasteiger partial charge in [-0.05, 0) is 31.9 Å². The first kappa shape index (κ1) is 49.2. The Bertz CT molecular complexity index is 2530. The van der Waals surface area contributed by atoms with E-state index >= 15 is 35.1 Å². The Morgan fingerprint density at radius 1 is 0.469 bits per heavy atom. The molecule has 0 radical (unpaired) electrons. The van der Waals surface area contributed by atoms with Crippen LogP contribution in [-0.2, 0) is 6.54 Å². The van der Waals surface area contributed by atoms with E-state index in [0.29, 0.717) is 5.56 Å². The summed E-state index contributed by atoms with van der Waals surface area (Å²) in [6.45, 7) is 0.283. The van der Waals surface area contributed by atoms with Gasteiger partial charge in [-0.3, -0.25) is 9.78 Å². The number of nitrogens with zero attached hydrogens (tertiary/aromatic N) is 2. The summed E-state index contributed by atoms with van der Waals surface area (Å²) in [6.07, 6.45) is -0.204. The molecule has 0 N–H and O–H groups in total. The number of hydrogen-bond donors (Lipinski definition) is 0. The summed E-state index contributed by atoms with van der Waals surface area (Å²) in [6, 6.07) is 9.26. The fourth-order valence-corrected chi connectivity index (χ4v) is 6.99. The van der Waals surface area contributed by atoms with Gasteiger partial charge < -0.3 is 0 Å². The summed E-state index contributed by atoms with van der Waals surface area (Å²) in [5, 5.41) is 0. The number of rotatable bonds is 8. The van der Waals surface area contributed by atoms with Gasteiger partial charge in [0, 0.05) is 11.6 Å². The van der Waals surface area contributed by atoms with Gasteiger partial charge in [0.1, 0.15) is 52.7 Å². The van der Waals surface area contributed by atoms with Crippen molar-refractivity contribution in [3.8, 4) is 0 Å². The van der Waals surface area contributed by atoms with Crippen molar-refractivity contribution >= 4 is 71.7 Å². The molecule has 0 amide bonds. The van der Waals surface area contributed by atoms with Gasteiger partial charge in [0.2, 0.25) is 18.0 Å². The third-order valence-electron chi connectivity index (χ3n) is 9.24. The van der Waals surface area contributed by atoms with E-state index in [0.717, 1.165) is 9.09 Å². The number of hydrogen-bond acceptors (Lipinski definition) is 2. The second-order valence-electron chi connectivity index (χ2n) is 12.7. The fraction of sp³-hybridized carbons (Fsp3) is 0.0263. The highest BCUT2D eigenvalue weighted by Gasteiger charge is 2.52. The van der Waals surface area contributed by atoms with Gasteiger partial charge in [0.15, 0.2) is 76.0 Å². The first-order valence-electron chi connectivity index (χ1n) is 16.5. The molecule has 5 aromatic carbocycles. The molecule has 1 aromatic heterocycles. The minimum Gasteiger partial charge on any atom is -0.287 e. The van der Waals surface area contributed by atoms with Crippen molar-refractivity contribution in [1.29, 1.82) is 0 Å². The van der Waals surface area contributed by atoms with E-state index in [1.54, 1.807) is 18.6 Å². The van der Waals surface area contributed by atoms with Gasteiger partial charge >= 0.3 is 0 Å². The van der Waals surface area contributed by atoms with Crippen LogP contribution in [0.5, 0.6) is 0 Å². The smallest absolute Gasteiger partial charge is 0.227 e. The molecular weight excluding hydrogens is 1050 g/mol. The van der Waals surface area contributed by atoms with Crippen LogP contribution in [0.15, 0.2) is 52.3 Å². The molecule has 6 rings (SSSR count). The van der Waals surface area contributed by atoms with Crippen molar-refractivity contribution < 1.29 is 97.2 Å². The highest BCUT2D eigenvalue weighted by Crippen LogP contribution is 2.31. The Labute approximate surface area is 359 Å². The number of ketones is 1. The summed E-state index contributed by atoms with van der Waals surface area (Å²) in [4.78, 5) is 16.2. The molecule has 0 aliphatic rings. The molecule has 0 spiro atoms. The van der Waals surface area contributed by atoms with Crippen molar-refractivity contribution in [2.24, 2.45) is 0 Å². The summed E-state index contributed by atoms with van der Waals surface area (Å²) >= 11 is 6.62. The van der Waals surface area contributed by atoms with Crippen molar-refractivity contribution in [2.75, 3.05) is 0 Å². The Balaban J connectivity index is 0.000000337. The Morgan fingerprint density at radius 2 is 0.750 bits per heavy atom. The van der Waals surface area contributed by atoms with E-state index in [-0.39, 0.29) is 12.3 Å². The van der Waals surface area contributed by atoms with Crippen LogP contribution in [0.25, 0.3) is 6.08 Å². The topological polar surface area (TPSA) is 33.8 Å². The molecular formula is C38H11BBr2F20N2O. The molecule has 3 nitrogen and oxygen atoms in total. The normalized spacial score (nSPS) is 11.4. The standard InChI is InChI=1S/C24BF20.C14H11Br2N2O/c26-5-1(6(27)14(35)21(42)13(5)34)25(2-7(28)15(36)22(43)16(37)8(2)29,3-9(30)17(38)23(44)18(39)10(3)31)4-11(32)19(40)24(45)20(41)12(4)33;15-14(16)8-12-9-17-6-7-18(12)10-13(19)11-4-2-1-3-5-11/h;1-9H,10H2/q-1;+1. The molecule has 0 saturated heterocycles. The first-order valence-corrected chi connectivity index (χ1v) is 18.1. The Kier molecular flexibility index (Phi) is 14.4. The highest BCUT2D eigenvalue weighted by atomic mass is 79.9. The third-order valence-corrected chi connectivity index (χ3v) is 9.70. The van der Waals surface area contributed by atoms with Crippen LogP contribution >= 0.6 is 31.9 Å². The molecule has 0 aliphatic carbocycles. The maximum atomic E-state index is 15.4. The van der Waals surface area contributed by atoms with Gasteiger partial charge in [-0.1, -0.05) is 30.3 Å². The van der Waals surface area contributed by atoms with Crippen molar-refractivity contribution in [1.82, 2.24) is 4.98 Å². The predicted octanol–water partition coefficient (Wildman–Crippen LogP) is 9.19. The van der Waals surface area contributed by atoms with Crippen molar-refractivity contribution in [3.63, 3.8) is 0 Å². The quantitative estimate of drug-likeness (QED) is 0.0381. The van der Waals surface area contributed by atoms with Crippen LogP contribution in [0.4, 0.5) is 87.8 Å². The lowest BCUT2D eigenvalue weighted by Gasteiger charge is -2.44. The van der Waals surface area contributed by atoms with E-state index in [1.165, 1.54) is 0 Å². The van der Waals surface area contributed by atoms with E-state index in [1.807, 2.05) is 41.0 Å². The van der Waals surface area contributed by atoms with Gasteiger partial charge in [0.25, 0.3) is 0 Å². The molecule has 6 aromatic rings. The molecule has 0 fully saturated rings. The molecule has 64 heavy (non-hydrogen) atoms.